The standard InChI is InChI=1S/C30H49N3O5/c1-7-9-14-31(15-10-16-33(4,5)6)28(34)20-32-19-24(23-12-13-26-27(18-23)38-21-37-26)29(30(35)36)25(32)17-22(3)11-8-2/h12-13,18,22,24-25,29H,7-11,14-17,19-21H2,1-6H3/p+1/t22?,24-,25+,29?/m1/s1. The van der Waals surface area contributed by atoms with Gasteiger partial charge in [-0.25, -0.2) is 0 Å². The van der Waals surface area contributed by atoms with Crippen LogP contribution in [0.25, 0.3) is 0 Å². The van der Waals surface area contributed by atoms with Crippen LogP contribution in [0, 0.1) is 11.8 Å². The number of carbonyl (C=O) groups excluding carboxylic acids is 1. The van der Waals surface area contributed by atoms with Crippen molar-refractivity contribution in [1.82, 2.24) is 9.80 Å². The molecule has 3 rings (SSSR count). The maximum atomic E-state index is 13.7. The Labute approximate surface area is 229 Å². The number of rotatable bonds is 15. The number of unbranched alkanes of at least 4 members (excludes halogenated alkanes) is 1. The van der Waals surface area contributed by atoms with Crippen LogP contribution in [0.5, 0.6) is 11.5 Å². The summed E-state index contributed by atoms with van der Waals surface area (Å²) < 4.78 is 11.9. The monoisotopic (exact) mass is 532 g/mol. The van der Waals surface area contributed by atoms with Gasteiger partial charge in [0, 0.05) is 38.0 Å². The van der Waals surface area contributed by atoms with Gasteiger partial charge in [-0.05, 0) is 36.5 Å². The molecule has 0 saturated carbocycles. The Balaban J connectivity index is 1.83. The minimum Gasteiger partial charge on any atom is -0.481 e. The summed E-state index contributed by atoms with van der Waals surface area (Å²) in [6, 6.07) is 5.58. The van der Waals surface area contributed by atoms with Gasteiger partial charge in [-0.1, -0.05) is 46.1 Å². The van der Waals surface area contributed by atoms with E-state index in [1.165, 1.54) is 0 Å². The first-order valence-corrected chi connectivity index (χ1v) is 14.5. The summed E-state index contributed by atoms with van der Waals surface area (Å²) in [5, 5.41) is 10.4. The molecule has 4 atom stereocenters. The van der Waals surface area contributed by atoms with E-state index < -0.39 is 11.9 Å². The largest absolute Gasteiger partial charge is 0.481 e. The van der Waals surface area contributed by atoms with E-state index in [1.54, 1.807) is 0 Å². The average Bonchev–Trinajstić information content (AvgIpc) is 3.45. The maximum absolute atomic E-state index is 13.7. The molecule has 1 aromatic carbocycles. The number of fused-ring (bicyclic) bond motifs is 1. The molecular formula is C30H50N3O5+. The summed E-state index contributed by atoms with van der Waals surface area (Å²) in [5.41, 5.74) is 0.940. The summed E-state index contributed by atoms with van der Waals surface area (Å²) >= 11 is 0. The Morgan fingerprint density at radius 2 is 1.82 bits per heavy atom. The first-order valence-electron chi connectivity index (χ1n) is 14.5. The van der Waals surface area contributed by atoms with Crippen LogP contribution in [0.15, 0.2) is 18.2 Å². The van der Waals surface area contributed by atoms with Gasteiger partial charge in [-0.15, -0.1) is 0 Å². The third-order valence-corrected chi connectivity index (χ3v) is 8.01. The second-order valence-corrected chi connectivity index (χ2v) is 12.3. The van der Waals surface area contributed by atoms with Crippen molar-refractivity contribution in [2.75, 3.05) is 60.7 Å². The van der Waals surface area contributed by atoms with Crippen LogP contribution in [-0.2, 0) is 9.59 Å². The predicted molar refractivity (Wildman–Crippen MR) is 149 cm³/mol. The van der Waals surface area contributed by atoms with E-state index in [0.717, 1.165) is 68.2 Å². The summed E-state index contributed by atoms with van der Waals surface area (Å²) in [6.07, 6.45) is 5.85. The lowest BCUT2D eigenvalue weighted by molar-refractivity contribution is -0.870. The molecule has 1 amide bonds. The van der Waals surface area contributed by atoms with Gasteiger partial charge in [0.05, 0.1) is 40.2 Å². The van der Waals surface area contributed by atoms with Crippen LogP contribution in [-0.4, -0.2) is 98.0 Å². The van der Waals surface area contributed by atoms with Gasteiger partial charge in [0.2, 0.25) is 12.7 Å². The summed E-state index contributed by atoms with van der Waals surface area (Å²) in [6.45, 7) is 10.0. The normalized spacial score (nSPS) is 22.0. The van der Waals surface area contributed by atoms with Crippen molar-refractivity contribution >= 4 is 11.9 Å². The van der Waals surface area contributed by atoms with E-state index in [9.17, 15) is 14.7 Å². The van der Waals surface area contributed by atoms with Crippen molar-refractivity contribution in [3.05, 3.63) is 23.8 Å². The Kier molecular flexibility index (Phi) is 10.9. The molecule has 1 aromatic rings. The Bertz CT molecular complexity index is 931. The molecule has 2 heterocycles. The summed E-state index contributed by atoms with van der Waals surface area (Å²) in [5.74, 6) is 0.284. The van der Waals surface area contributed by atoms with Gasteiger partial charge in [0.15, 0.2) is 11.5 Å². The molecule has 0 aromatic heterocycles. The number of amides is 1. The zero-order valence-electron chi connectivity index (χ0n) is 24.4. The minimum atomic E-state index is -0.790. The minimum absolute atomic E-state index is 0.114. The van der Waals surface area contributed by atoms with Crippen LogP contribution in [0.4, 0.5) is 0 Å². The molecule has 8 heteroatoms. The number of ether oxygens (including phenoxy) is 2. The van der Waals surface area contributed by atoms with Crippen molar-refractivity contribution in [2.45, 2.75) is 71.3 Å². The molecule has 0 spiro atoms. The van der Waals surface area contributed by atoms with Crippen LogP contribution < -0.4 is 9.47 Å². The van der Waals surface area contributed by atoms with E-state index in [2.05, 4.69) is 46.8 Å². The number of carbonyl (C=O) groups is 2. The van der Waals surface area contributed by atoms with Crippen LogP contribution in [0.1, 0.15) is 70.8 Å². The number of aliphatic carboxylic acids is 1. The number of hydrogen-bond donors (Lipinski definition) is 1. The summed E-state index contributed by atoms with van der Waals surface area (Å²) in [7, 11) is 6.52. The molecule has 8 nitrogen and oxygen atoms in total. The van der Waals surface area contributed by atoms with Crippen molar-refractivity contribution in [2.24, 2.45) is 11.8 Å². The zero-order valence-corrected chi connectivity index (χ0v) is 24.4. The topological polar surface area (TPSA) is 79.3 Å². The first-order chi connectivity index (χ1) is 18.0. The van der Waals surface area contributed by atoms with Gasteiger partial charge in [0.1, 0.15) is 0 Å². The van der Waals surface area contributed by atoms with E-state index >= 15 is 0 Å². The molecule has 0 aliphatic carbocycles. The second kappa shape index (κ2) is 13.7. The number of likely N-dealkylation sites (tertiary alicyclic amines) is 1. The van der Waals surface area contributed by atoms with E-state index in [0.29, 0.717) is 24.0 Å². The highest BCUT2D eigenvalue weighted by Crippen LogP contribution is 2.43. The smallest absolute Gasteiger partial charge is 0.308 e. The molecule has 1 saturated heterocycles. The molecule has 1 N–H and O–H groups in total. The summed E-state index contributed by atoms with van der Waals surface area (Å²) in [4.78, 5) is 30.6. The lowest BCUT2D eigenvalue weighted by atomic mass is 9.81. The highest BCUT2D eigenvalue weighted by atomic mass is 16.7. The van der Waals surface area contributed by atoms with Crippen molar-refractivity contribution in [1.29, 1.82) is 0 Å². The number of quaternary nitrogens is 1. The van der Waals surface area contributed by atoms with Crippen molar-refractivity contribution < 1.29 is 28.7 Å². The first kappa shape index (κ1) is 30.2. The van der Waals surface area contributed by atoms with E-state index in [4.69, 9.17) is 9.47 Å². The Hall–Kier alpha value is -2.32. The predicted octanol–water partition coefficient (Wildman–Crippen LogP) is 4.44. The fourth-order valence-electron chi connectivity index (χ4n) is 6.01. The van der Waals surface area contributed by atoms with Crippen LogP contribution in [0.3, 0.4) is 0 Å². The van der Waals surface area contributed by atoms with Crippen molar-refractivity contribution in [3.63, 3.8) is 0 Å². The van der Waals surface area contributed by atoms with Gasteiger partial charge < -0.3 is 24.0 Å². The lowest BCUT2D eigenvalue weighted by Crippen LogP contribution is -2.46. The van der Waals surface area contributed by atoms with Crippen LogP contribution >= 0.6 is 0 Å². The third kappa shape index (κ3) is 8.09. The third-order valence-electron chi connectivity index (χ3n) is 8.01. The molecule has 2 aliphatic rings. The van der Waals surface area contributed by atoms with Gasteiger partial charge in [0.25, 0.3) is 0 Å². The Morgan fingerprint density at radius 3 is 2.47 bits per heavy atom. The highest BCUT2D eigenvalue weighted by Gasteiger charge is 2.47. The number of benzene rings is 1. The molecule has 1 fully saturated rings. The molecule has 214 valence electrons. The molecule has 2 unspecified atom stereocenters. The zero-order chi connectivity index (χ0) is 27.9. The van der Waals surface area contributed by atoms with Gasteiger partial charge >= 0.3 is 5.97 Å². The van der Waals surface area contributed by atoms with Crippen molar-refractivity contribution in [3.8, 4) is 11.5 Å². The quantitative estimate of drug-likeness (QED) is 0.337. The van der Waals surface area contributed by atoms with Gasteiger partial charge in [-0.3, -0.25) is 14.5 Å². The van der Waals surface area contributed by atoms with E-state index in [-0.39, 0.29) is 31.2 Å². The fourth-order valence-corrected chi connectivity index (χ4v) is 6.01. The lowest BCUT2D eigenvalue weighted by Gasteiger charge is -2.32. The fraction of sp³-hybridized carbons (Fsp3) is 0.733. The SMILES string of the molecule is CCCCN(CCC[N+](C)(C)C)C(=O)CN1C[C@H](c2ccc3c(c2)OCO3)C(C(=O)O)[C@@H]1CC(C)CCC. The number of hydrogen-bond acceptors (Lipinski definition) is 5. The number of carboxylic acid groups (broad SMARTS) is 1. The average molecular weight is 533 g/mol. The maximum Gasteiger partial charge on any atom is 0.308 e. The number of nitrogens with zero attached hydrogens (tertiary/aromatic N) is 3. The number of carboxylic acids is 1. The molecule has 0 radical (unpaired) electrons. The molecule has 2 aliphatic heterocycles. The molecular weight excluding hydrogens is 482 g/mol. The van der Waals surface area contributed by atoms with Crippen LogP contribution in [0.2, 0.25) is 0 Å². The Morgan fingerprint density at radius 1 is 1.11 bits per heavy atom. The second-order valence-electron chi connectivity index (χ2n) is 12.3. The van der Waals surface area contributed by atoms with Gasteiger partial charge in [-0.2, -0.15) is 0 Å². The van der Waals surface area contributed by atoms with E-state index in [1.807, 2.05) is 23.1 Å². The molecule has 38 heavy (non-hydrogen) atoms. The highest BCUT2D eigenvalue weighted by molar-refractivity contribution is 5.79. The molecule has 0 bridgehead atoms.